The third-order valence-corrected chi connectivity index (χ3v) is 5.64. The van der Waals surface area contributed by atoms with Crippen molar-refractivity contribution in [2.75, 3.05) is 12.3 Å². The summed E-state index contributed by atoms with van der Waals surface area (Å²) in [6, 6.07) is 8.52. The number of anilines is 1. The molecule has 0 amide bonds. The molecular formula is C12H13BrN2O2S2. The van der Waals surface area contributed by atoms with Gasteiger partial charge in [0.05, 0.1) is 4.90 Å². The Bertz CT molecular complexity index is 654. The minimum absolute atomic E-state index is 0.180. The molecule has 0 atom stereocenters. The highest BCUT2D eigenvalue weighted by Crippen LogP contribution is 2.22. The molecule has 0 unspecified atom stereocenters. The van der Waals surface area contributed by atoms with Crippen LogP contribution in [-0.4, -0.2) is 15.0 Å². The summed E-state index contributed by atoms with van der Waals surface area (Å²) in [5, 5.41) is 1.97. The van der Waals surface area contributed by atoms with Gasteiger partial charge in [-0.1, -0.05) is 6.07 Å². The average Bonchev–Trinajstić information content (AvgIpc) is 2.85. The summed E-state index contributed by atoms with van der Waals surface area (Å²) in [6.45, 7) is 0.374. The van der Waals surface area contributed by atoms with Gasteiger partial charge < -0.3 is 5.73 Å². The van der Waals surface area contributed by atoms with Gasteiger partial charge in [-0.2, -0.15) is 0 Å². The van der Waals surface area contributed by atoms with Crippen LogP contribution in [0, 0.1) is 0 Å². The topological polar surface area (TPSA) is 72.2 Å². The second-order valence-electron chi connectivity index (χ2n) is 3.91. The molecule has 19 heavy (non-hydrogen) atoms. The molecule has 1 heterocycles. The summed E-state index contributed by atoms with van der Waals surface area (Å²) in [5.41, 5.74) is 6.09. The number of hydrogen-bond acceptors (Lipinski definition) is 4. The lowest BCUT2D eigenvalue weighted by Gasteiger charge is -2.07. The van der Waals surface area contributed by atoms with Gasteiger partial charge in [0, 0.05) is 21.6 Å². The molecule has 102 valence electrons. The molecule has 2 aromatic rings. The molecule has 0 aliphatic heterocycles. The number of rotatable bonds is 5. The lowest BCUT2D eigenvalue weighted by atomic mass is 10.3. The number of nitrogen functional groups attached to an aromatic ring is 1. The quantitative estimate of drug-likeness (QED) is 0.805. The first-order chi connectivity index (χ1) is 8.99. The lowest BCUT2D eigenvalue weighted by molar-refractivity contribution is 0.582. The minimum atomic E-state index is -3.50. The van der Waals surface area contributed by atoms with Gasteiger partial charge in [-0.15, -0.1) is 11.3 Å². The smallest absolute Gasteiger partial charge is 0.240 e. The van der Waals surface area contributed by atoms with Gasteiger partial charge in [-0.3, -0.25) is 0 Å². The summed E-state index contributed by atoms with van der Waals surface area (Å²) in [7, 11) is -3.50. The standard InChI is InChI=1S/C12H13BrN2O2S2/c13-11-4-3-10(8-12(11)14)19(16,17)15-6-5-9-2-1-7-18-9/h1-4,7-8,15H,5-6,14H2. The van der Waals surface area contributed by atoms with E-state index < -0.39 is 10.0 Å². The number of benzene rings is 1. The normalized spacial score (nSPS) is 11.6. The van der Waals surface area contributed by atoms with Gasteiger partial charge in [0.15, 0.2) is 0 Å². The summed E-state index contributed by atoms with van der Waals surface area (Å²) in [5.74, 6) is 0. The molecule has 3 N–H and O–H groups in total. The van der Waals surface area contributed by atoms with Crippen molar-refractivity contribution in [1.29, 1.82) is 0 Å². The zero-order valence-electron chi connectivity index (χ0n) is 9.97. The fourth-order valence-corrected chi connectivity index (χ4v) is 3.56. The van der Waals surface area contributed by atoms with Gasteiger partial charge >= 0.3 is 0 Å². The highest BCUT2D eigenvalue weighted by atomic mass is 79.9. The Morgan fingerprint density at radius 3 is 2.74 bits per heavy atom. The van der Waals surface area contributed by atoms with Crippen LogP contribution in [0.15, 0.2) is 45.1 Å². The molecular weight excluding hydrogens is 348 g/mol. The zero-order chi connectivity index (χ0) is 13.9. The minimum Gasteiger partial charge on any atom is -0.398 e. The van der Waals surface area contributed by atoms with Gasteiger partial charge in [0.1, 0.15) is 0 Å². The Labute approximate surface area is 124 Å². The van der Waals surface area contributed by atoms with Crippen molar-refractivity contribution >= 4 is 43.0 Å². The van der Waals surface area contributed by atoms with E-state index >= 15 is 0 Å². The first kappa shape index (κ1) is 14.5. The molecule has 0 aliphatic carbocycles. The SMILES string of the molecule is Nc1cc(S(=O)(=O)NCCc2cccs2)ccc1Br. The maximum atomic E-state index is 12.0. The van der Waals surface area contributed by atoms with Crippen LogP contribution in [0.1, 0.15) is 4.88 Å². The molecule has 0 bridgehead atoms. The first-order valence-corrected chi connectivity index (χ1v) is 8.72. The van der Waals surface area contributed by atoms with Crippen molar-refractivity contribution in [3.05, 3.63) is 45.1 Å². The Hall–Kier alpha value is -0.890. The van der Waals surface area contributed by atoms with E-state index in [0.29, 0.717) is 23.1 Å². The van der Waals surface area contributed by atoms with Crippen LogP contribution in [0.4, 0.5) is 5.69 Å². The van der Waals surface area contributed by atoms with E-state index in [1.54, 1.807) is 17.4 Å². The van der Waals surface area contributed by atoms with Gasteiger partial charge in [0.25, 0.3) is 0 Å². The Balaban J connectivity index is 2.03. The number of thiophene rings is 1. The summed E-state index contributed by atoms with van der Waals surface area (Å²) < 4.78 is 27.3. The van der Waals surface area contributed by atoms with Crippen molar-refractivity contribution in [2.24, 2.45) is 0 Å². The third-order valence-electron chi connectivity index (χ3n) is 2.52. The van der Waals surface area contributed by atoms with Crippen LogP contribution in [-0.2, 0) is 16.4 Å². The summed E-state index contributed by atoms with van der Waals surface area (Å²) in [4.78, 5) is 1.33. The number of nitrogens with two attached hydrogens (primary N) is 1. The second-order valence-corrected chi connectivity index (χ2v) is 7.56. The molecule has 2 rings (SSSR count). The maximum absolute atomic E-state index is 12.0. The van der Waals surface area contributed by atoms with Crippen molar-refractivity contribution in [3.63, 3.8) is 0 Å². The Morgan fingerprint density at radius 1 is 1.32 bits per heavy atom. The fraction of sp³-hybridized carbons (Fsp3) is 0.167. The number of halogens is 1. The van der Waals surface area contributed by atoms with E-state index in [4.69, 9.17) is 5.73 Å². The Morgan fingerprint density at radius 2 is 2.11 bits per heavy atom. The Kier molecular flexibility index (Phi) is 4.62. The molecule has 0 aliphatic rings. The predicted molar refractivity (Wildman–Crippen MR) is 81.8 cm³/mol. The summed E-state index contributed by atoms with van der Waals surface area (Å²) in [6.07, 6.45) is 0.683. The van der Waals surface area contributed by atoms with Gasteiger partial charge in [0.2, 0.25) is 10.0 Å². The highest BCUT2D eigenvalue weighted by molar-refractivity contribution is 9.10. The molecule has 0 saturated heterocycles. The molecule has 0 radical (unpaired) electrons. The molecule has 1 aromatic carbocycles. The van der Waals surface area contributed by atoms with Crippen molar-refractivity contribution < 1.29 is 8.42 Å². The third kappa shape index (κ3) is 3.79. The van der Waals surface area contributed by atoms with Gasteiger partial charge in [-0.05, 0) is 52.0 Å². The molecule has 0 saturated carbocycles. The van der Waals surface area contributed by atoms with E-state index in [-0.39, 0.29) is 4.90 Å². The number of nitrogens with one attached hydrogen (secondary N) is 1. The molecule has 0 spiro atoms. The first-order valence-electron chi connectivity index (χ1n) is 5.56. The monoisotopic (exact) mass is 360 g/mol. The van der Waals surface area contributed by atoms with E-state index in [9.17, 15) is 8.42 Å². The molecule has 1 aromatic heterocycles. The second kappa shape index (κ2) is 6.04. The molecule has 7 heteroatoms. The van der Waals surface area contributed by atoms with Crippen LogP contribution in [0.25, 0.3) is 0 Å². The summed E-state index contributed by atoms with van der Waals surface area (Å²) >= 11 is 4.85. The van der Waals surface area contributed by atoms with Crippen LogP contribution >= 0.6 is 27.3 Å². The average molecular weight is 361 g/mol. The lowest BCUT2D eigenvalue weighted by Crippen LogP contribution is -2.25. The van der Waals surface area contributed by atoms with E-state index in [2.05, 4.69) is 20.7 Å². The van der Waals surface area contributed by atoms with E-state index in [0.717, 1.165) is 4.88 Å². The molecule has 0 fully saturated rings. The van der Waals surface area contributed by atoms with Crippen LogP contribution in [0.5, 0.6) is 0 Å². The fourth-order valence-electron chi connectivity index (χ4n) is 1.54. The number of hydrogen-bond donors (Lipinski definition) is 2. The maximum Gasteiger partial charge on any atom is 0.240 e. The van der Waals surface area contributed by atoms with Crippen LogP contribution in [0.2, 0.25) is 0 Å². The largest absolute Gasteiger partial charge is 0.398 e. The molecule has 4 nitrogen and oxygen atoms in total. The van der Waals surface area contributed by atoms with Crippen molar-refractivity contribution in [2.45, 2.75) is 11.3 Å². The van der Waals surface area contributed by atoms with Gasteiger partial charge in [-0.25, -0.2) is 13.1 Å². The van der Waals surface area contributed by atoms with E-state index in [1.807, 2.05) is 17.5 Å². The zero-order valence-corrected chi connectivity index (χ0v) is 13.2. The van der Waals surface area contributed by atoms with Crippen LogP contribution in [0.3, 0.4) is 0 Å². The van der Waals surface area contributed by atoms with Crippen molar-refractivity contribution in [1.82, 2.24) is 4.72 Å². The van der Waals surface area contributed by atoms with Crippen molar-refractivity contribution in [3.8, 4) is 0 Å². The number of sulfonamides is 1. The van der Waals surface area contributed by atoms with E-state index in [1.165, 1.54) is 12.1 Å². The predicted octanol–water partition coefficient (Wildman–Crippen LogP) is 2.61. The highest BCUT2D eigenvalue weighted by Gasteiger charge is 2.14. The van der Waals surface area contributed by atoms with Crippen LogP contribution < -0.4 is 10.5 Å².